The quantitative estimate of drug-likeness (QED) is 0.117. The predicted molar refractivity (Wildman–Crippen MR) is 301 cm³/mol. The van der Waals surface area contributed by atoms with Gasteiger partial charge in [0.1, 0.15) is 60.4 Å². The Hall–Kier alpha value is -6.94. The minimum absolute atomic E-state index is 0.0292. The first-order chi connectivity index (χ1) is 38.1. The minimum Gasteiger partial charge on any atom is -0.343 e. The normalized spacial score (nSPS) is 26.9. The maximum absolute atomic E-state index is 14.8. The number of carbonyl (C=O) groups is 10. The molecule has 10 atom stereocenters. The summed E-state index contributed by atoms with van der Waals surface area (Å²) in [6.45, 7) is 13.0. The highest BCUT2D eigenvalue weighted by molar-refractivity contribution is 6.00. The molecule has 22 nitrogen and oxygen atoms in total. The predicted octanol–water partition coefficient (Wildman–Crippen LogP) is 0.592. The van der Waals surface area contributed by atoms with E-state index >= 15 is 0 Å². The fourth-order valence-corrected chi connectivity index (χ4v) is 10.5. The summed E-state index contributed by atoms with van der Waals surface area (Å²) in [4.78, 5) is 147. The fourth-order valence-electron chi connectivity index (χ4n) is 10.5. The molecule has 3 aliphatic rings. The molecule has 3 aliphatic heterocycles. The van der Waals surface area contributed by atoms with Crippen LogP contribution in [0.3, 0.4) is 0 Å². The second-order valence-corrected chi connectivity index (χ2v) is 22.7. The van der Waals surface area contributed by atoms with Gasteiger partial charge >= 0.3 is 0 Å². The summed E-state index contributed by atoms with van der Waals surface area (Å²) >= 11 is 0. The Morgan fingerprint density at radius 3 is 1.20 bits per heavy atom. The number of fused-ring (bicyclic) bond motifs is 2. The number of benzene rings is 2. The van der Waals surface area contributed by atoms with Crippen molar-refractivity contribution in [3.63, 3.8) is 0 Å². The standard InChI is InChI=1S/C58H88N12O10/c1-34(2)30-42-52(74)67-45(33-39-20-12-9-13-21-39)58(80)70-29-17-25-47(70)55(77)68-48(36(5)6)56(78)63-41(23-15-27-60)51(73)65-43(31-35(3)4)53(75)66-44(32-38-18-10-8-11-19-38)57(79)69-28-16-24-46(69)54(76)61-37(7)49(71)62-40(22-14-26-59)50(72)64-42/h8-13,18-21,34-37,40-48H,14-17,22-33,59-60H2,1-7H3,(H,61,76)(H,62,71)(H,63,78)(H,64,72)(H,65,73)(H,66,75)(H,67,74)(H,68,77)/t37-,40-,41-,42-,43-,44+,45+,46-,47-,48-/m0/s1. The van der Waals surface area contributed by atoms with Crippen LogP contribution in [0.5, 0.6) is 0 Å². The smallest absolute Gasteiger partial charge is 0.246 e. The van der Waals surface area contributed by atoms with Crippen molar-refractivity contribution in [3.8, 4) is 0 Å². The van der Waals surface area contributed by atoms with Crippen LogP contribution in [0.15, 0.2) is 60.7 Å². The van der Waals surface area contributed by atoms with Gasteiger partial charge in [0.15, 0.2) is 0 Å². The second kappa shape index (κ2) is 31.2. The number of rotatable bonds is 15. The van der Waals surface area contributed by atoms with Crippen molar-refractivity contribution in [3.05, 3.63) is 71.8 Å². The molecule has 0 bridgehead atoms. The molecule has 2 aromatic carbocycles. The van der Waals surface area contributed by atoms with E-state index in [1.807, 2.05) is 39.8 Å². The van der Waals surface area contributed by atoms with Crippen LogP contribution in [0.2, 0.25) is 0 Å². The Morgan fingerprint density at radius 1 is 0.450 bits per heavy atom. The summed E-state index contributed by atoms with van der Waals surface area (Å²) in [6, 6.07) is 6.29. The van der Waals surface area contributed by atoms with Gasteiger partial charge in [-0.2, -0.15) is 0 Å². The van der Waals surface area contributed by atoms with Gasteiger partial charge in [-0.25, -0.2) is 0 Å². The van der Waals surface area contributed by atoms with Crippen molar-refractivity contribution in [2.45, 2.75) is 186 Å². The average Bonchev–Trinajstić information content (AvgIpc) is 4.13. The maximum Gasteiger partial charge on any atom is 0.246 e. The Kier molecular flexibility index (Phi) is 24.9. The highest BCUT2D eigenvalue weighted by atomic mass is 16.2. The number of nitrogens with zero attached hydrogens (tertiary/aromatic N) is 2. The lowest BCUT2D eigenvalue weighted by atomic mass is 9.99. The van der Waals surface area contributed by atoms with E-state index in [-0.39, 0.29) is 89.4 Å². The summed E-state index contributed by atoms with van der Waals surface area (Å²) in [5, 5.41) is 22.5. The van der Waals surface area contributed by atoms with Crippen molar-refractivity contribution in [1.82, 2.24) is 52.3 Å². The molecule has 2 aromatic rings. The average molecular weight is 1110 g/mol. The number of nitrogens with one attached hydrogen (secondary N) is 8. The molecule has 3 heterocycles. The topological polar surface area (TPSA) is 325 Å². The lowest BCUT2D eigenvalue weighted by Gasteiger charge is -2.32. The van der Waals surface area contributed by atoms with E-state index in [0.717, 1.165) is 0 Å². The fraction of sp³-hybridized carbons (Fsp3) is 0.621. The Morgan fingerprint density at radius 2 is 0.812 bits per heavy atom. The van der Waals surface area contributed by atoms with E-state index < -0.39 is 125 Å². The van der Waals surface area contributed by atoms with Gasteiger partial charge in [0.05, 0.1) is 0 Å². The lowest BCUT2D eigenvalue weighted by molar-refractivity contribution is -0.143. The van der Waals surface area contributed by atoms with Crippen LogP contribution in [0.1, 0.15) is 124 Å². The van der Waals surface area contributed by atoms with Crippen molar-refractivity contribution in [1.29, 1.82) is 0 Å². The van der Waals surface area contributed by atoms with Gasteiger partial charge in [0.2, 0.25) is 59.1 Å². The molecule has 3 fully saturated rings. The third kappa shape index (κ3) is 18.6. The molecule has 5 rings (SSSR count). The van der Waals surface area contributed by atoms with Gasteiger partial charge in [0, 0.05) is 25.9 Å². The van der Waals surface area contributed by atoms with E-state index in [1.165, 1.54) is 16.7 Å². The number of carbonyl (C=O) groups excluding carboxylic acids is 10. The molecule has 0 aliphatic carbocycles. The molecule has 0 unspecified atom stereocenters. The van der Waals surface area contributed by atoms with Gasteiger partial charge in [-0.15, -0.1) is 0 Å². The lowest BCUT2D eigenvalue weighted by Crippen LogP contribution is -2.62. The van der Waals surface area contributed by atoms with Crippen molar-refractivity contribution in [2.75, 3.05) is 26.2 Å². The molecule has 440 valence electrons. The van der Waals surface area contributed by atoms with Crippen LogP contribution < -0.4 is 54.0 Å². The summed E-state index contributed by atoms with van der Waals surface area (Å²) in [5.41, 5.74) is 13.2. The summed E-state index contributed by atoms with van der Waals surface area (Å²) in [7, 11) is 0. The molecule has 0 spiro atoms. The van der Waals surface area contributed by atoms with Gasteiger partial charge in [0.25, 0.3) is 0 Å². The molecule has 80 heavy (non-hydrogen) atoms. The molecular formula is C58H88N12O10. The van der Waals surface area contributed by atoms with E-state index in [0.29, 0.717) is 36.8 Å². The third-order valence-corrected chi connectivity index (χ3v) is 14.8. The molecule has 0 saturated carbocycles. The van der Waals surface area contributed by atoms with Crippen LogP contribution >= 0.6 is 0 Å². The zero-order chi connectivity index (χ0) is 58.6. The zero-order valence-electron chi connectivity index (χ0n) is 47.7. The SMILES string of the molecule is CC(C)C[C@@H]1NC(=O)[C@H](CCCN)NC(=O)[C@H](C(C)C)NC(=O)[C@@H]2CCCN2C(=O)[C@@H](Cc2ccccc2)NC(=O)[C@H](CC(C)C)NC(=O)[C@H](CCCN)NC(=O)[C@H](C)NC(=O)[C@@H]2CCCN2C(=O)[C@@H](Cc2ccccc2)NC1=O. The third-order valence-electron chi connectivity index (χ3n) is 14.8. The van der Waals surface area contributed by atoms with E-state index in [2.05, 4.69) is 42.5 Å². The second-order valence-electron chi connectivity index (χ2n) is 22.7. The number of hydrogen-bond acceptors (Lipinski definition) is 12. The van der Waals surface area contributed by atoms with Gasteiger partial charge in [-0.05, 0) is 113 Å². The number of nitrogens with two attached hydrogens (primary N) is 2. The Bertz CT molecular complexity index is 2440. The first-order valence-corrected chi connectivity index (χ1v) is 28.6. The number of hydrogen-bond donors (Lipinski definition) is 10. The Balaban J connectivity index is 1.56. The highest BCUT2D eigenvalue weighted by Gasteiger charge is 2.43. The summed E-state index contributed by atoms with van der Waals surface area (Å²) < 4.78 is 0. The van der Waals surface area contributed by atoms with Crippen molar-refractivity contribution < 1.29 is 47.9 Å². The van der Waals surface area contributed by atoms with Gasteiger partial charge in [-0.1, -0.05) is 102 Å². The zero-order valence-corrected chi connectivity index (χ0v) is 47.7. The molecule has 0 radical (unpaired) electrons. The van der Waals surface area contributed by atoms with Crippen LogP contribution in [-0.2, 0) is 60.8 Å². The van der Waals surface area contributed by atoms with Gasteiger partial charge in [-0.3, -0.25) is 47.9 Å². The van der Waals surface area contributed by atoms with E-state index in [4.69, 9.17) is 11.5 Å². The highest BCUT2D eigenvalue weighted by Crippen LogP contribution is 2.23. The number of amides is 10. The molecule has 12 N–H and O–H groups in total. The molecular weight excluding hydrogens is 1020 g/mol. The Labute approximate surface area is 470 Å². The molecule has 10 amide bonds. The largest absolute Gasteiger partial charge is 0.343 e. The van der Waals surface area contributed by atoms with Crippen molar-refractivity contribution in [2.24, 2.45) is 29.2 Å². The van der Waals surface area contributed by atoms with Crippen molar-refractivity contribution >= 4 is 59.1 Å². The van der Waals surface area contributed by atoms with Crippen LogP contribution in [0, 0.1) is 17.8 Å². The van der Waals surface area contributed by atoms with E-state index in [1.54, 1.807) is 62.4 Å². The molecule has 0 aromatic heterocycles. The molecule has 3 saturated heterocycles. The maximum atomic E-state index is 14.8. The molecule has 22 heteroatoms. The first-order valence-electron chi connectivity index (χ1n) is 28.6. The van der Waals surface area contributed by atoms with Crippen LogP contribution in [-0.4, -0.2) is 155 Å². The van der Waals surface area contributed by atoms with Crippen LogP contribution in [0.25, 0.3) is 0 Å². The first kappa shape index (κ1) is 63.9. The summed E-state index contributed by atoms with van der Waals surface area (Å²) in [6.07, 6.45) is 2.47. The van der Waals surface area contributed by atoms with Crippen LogP contribution in [0.4, 0.5) is 0 Å². The minimum atomic E-state index is -1.21. The van der Waals surface area contributed by atoms with E-state index in [9.17, 15) is 47.9 Å². The summed E-state index contributed by atoms with van der Waals surface area (Å²) in [5.74, 6) is -7.29. The monoisotopic (exact) mass is 1110 g/mol. The van der Waals surface area contributed by atoms with Gasteiger partial charge < -0.3 is 63.8 Å².